The second-order valence-corrected chi connectivity index (χ2v) is 4.71. The van der Waals surface area contributed by atoms with Crippen LogP contribution < -0.4 is 0 Å². The van der Waals surface area contributed by atoms with Gasteiger partial charge in [0, 0.05) is 18.3 Å². The lowest BCUT2D eigenvalue weighted by atomic mass is 9.96. The van der Waals surface area contributed by atoms with Gasteiger partial charge in [0.05, 0.1) is 5.92 Å². The third-order valence-electron chi connectivity index (χ3n) is 3.44. The van der Waals surface area contributed by atoms with Crippen LogP contribution in [0.2, 0.25) is 0 Å². The summed E-state index contributed by atoms with van der Waals surface area (Å²) in [5.41, 5.74) is 1.12. The fraction of sp³-hybridized carbons (Fsp3) is 0.538. The van der Waals surface area contributed by atoms with Crippen molar-refractivity contribution in [3.05, 3.63) is 29.6 Å². The minimum Gasteiger partial charge on any atom is -0.299 e. The van der Waals surface area contributed by atoms with E-state index in [1.165, 1.54) is 6.20 Å². The van der Waals surface area contributed by atoms with Gasteiger partial charge in [-0.1, -0.05) is 6.07 Å². The number of piperidine rings is 1. The number of likely N-dealkylation sites (tertiary alicyclic amines) is 1. The maximum absolute atomic E-state index is 12.5. The Morgan fingerprint density at radius 2 is 2.05 bits per heavy atom. The molecule has 0 aliphatic carbocycles. The van der Waals surface area contributed by atoms with E-state index in [0.717, 1.165) is 5.56 Å². The van der Waals surface area contributed by atoms with E-state index in [0.29, 0.717) is 25.3 Å². The lowest BCUT2D eigenvalue weighted by Crippen LogP contribution is -2.38. The Morgan fingerprint density at radius 3 is 2.63 bits per heavy atom. The summed E-state index contributed by atoms with van der Waals surface area (Å²) in [6.45, 7) is 1.30. The lowest BCUT2D eigenvalue weighted by molar-refractivity contribution is -0.185. The van der Waals surface area contributed by atoms with Crippen molar-refractivity contribution in [2.24, 2.45) is 5.92 Å². The minimum atomic E-state index is -4.09. The van der Waals surface area contributed by atoms with E-state index < -0.39 is 12.1 Å². The second-order valence-electron chi connectivity index (χ2n) is 4.71. The summed E-state index contributed by atoms with van der Waals surface area (Å²) in [5, 5.41) is 8.92. The molecule has 2 heterocycles. The Bertz CT molecular complexity index is 471. The number of halogens is 3. The molecule has 1 aromatic rings. The zero-order valence-electron chi connectivity index (χ0n) is 10.3. The van der Waals surface area contributed by atoms with Crippen LogP contribution >= 0.6 is 0 Å². The van der Waals surface area contributed by atoms with Gasteiger partial charge in [0.2, 0.25) is 0 Å². The largest absolute Gasteiger partial charge is 0.391 e. The third kappa shape index (κ3) is 3.44. The van der Waals surface area contributed by atoms with Crippen LogP contribution in [0, 0.1) is 17.2 Å². The average molecular weight is 269 g/mol. The van der Waals surface area contributed by atoms with Gasteiger partial charge in [0.1, 0.15) is 11.8 Å². The summed E-state index contributed by atoms with van der Waals surface area (Å²) in [6, 6.07) is 5.53. The van der Waals surface area contributed by atoms with Crippen LogP contribution in [0.1, 0.15) is 24.1 Å². The van der Waals surface area contributed by atoms with Crippen LogP contribution in [-0.2, 0) is 6.54 Å². The summed E-state index contributed by atoms with van der Waals surface area (Å²) in [4.78, 5) is 5.89. The molecule has 2 rings (SSSR count). The van der Waals surface area contributed by atoms with E-state index in [2.05, 4.69) is 4.98 Å². The van der Waals surface area contributed by atoms with Crippen molar-refractivity contribution in [3.63, 3.8) is 0 Å². The maximum atomic E-state index is 12.5. The van der Waals surface area contributed by atoms with Crippen molar-refractivity contribution in [2.45, 2.75) is 25.6 Å². The highest BCUT2D eigenvalue weighted by Crippen LogP contribution is 2.34. The molecule has 102 valence electrons. The summed E-state index contributed by atoms with van der Waals surface area (Å²) in [7, 11) is 0. The standard InChI is InChI=1S/C13H14F3N3/c14-13(15,16)11-3-6-19(7-4-11)9-10-2-1-5-18-12(10)8-17/h1-2,5,11H,3-4,6-7,9H2. The Labute approximate surface area is 109 Å². The Morgan fingerprint density at radius 1 is 1.37 bits per heavy atom. The zero-order chi connectivity index (χ0) is 13.9. The van der Waals surface area contributed by atoms with Crippen molar-refractivity contribution >= 4 is 0 Å². The first-order valence-electron chi connectivity index (χ1n) is 6.14. The number of hydrogen-bond acceptors (Lipinski definition) is 3. The second kappa shape index (κ2) is 5.57. The van der Waals surface area contributed by atoms with Crippen LogP contribution in [0.3, 0.4) is 0 Å². The number of rotatable bonds is 2. The van der Waals surface area contributed by atoms with Crippen LogP contribution in [-0.4, -0.2) is 29.1 Å². The molecule has 1 aliphatic rings. The summed E-state index contributed by atoms with van der Waals surface area (Å²) < 4.78 is 37.6. The van der Waals surface area contributed by atoms with Gasteiger partial charge >= 0.3 is 6.18 Å². The molecule has 0 saturated carbocycles. The number of pyridine rings is 1. The molecule has 0 unspecified atom stereocenters. The first kappa shape index (κ1) is 13.8. The van der Waals surface area contributed by atoms with Crippen molar-refractivity contribution in [1.82, 2.24) is 9.88 Å². The highest BCUT2D eigenvalue weighted by Gasteiger charge is 2.40. The van der Waals surface area contributed by atoms with Crippen molar-refractivity contribution < 1.29 is 13.2 Å². The van der Waals surface area contributed by atoms with Gasteiger partial charge in [-0.05, 0) is 32.0 Å². The Balaban J connectivity index is 1.95. The molecule has 6 heteroatoms. The predicted octanol–water partition coefficient (Wildman–Crippen LogP) is 2.73. The molecule has 0 bridgehead atoms. The van der Waals surface area contributed by atoms with E-state index in [9.17, 15) is 13.2 Å². The quantitative estimate of drug-likeness (QED) is 0.828. The van der Waals surface area contributed by atoms with E-state index in [-0.39, 0.29) is 12.8 Å². The number of nitrogens with zero attached hydrogens (tertiary/aromatic N) is 3. The van der Waals surface area contributed by atoms with Gasteiger partial charge in [-0.15, -0.1) is 0 Å². The minimum absolute atomic E-state index is 0.131. The fourth-order valence-electron chi connectivity index (χ4n) is 2.33. The first-order valence-corrected chi connectivity index (χ1v) is 6.14. The summed E-state index contributed by atoms with van der Waals surface area (Å²) in [5.74, 6) is -1.19. The molecule has 1 fully saturated rings. The molecular weight excluding hydrogens is 255 g/mol. The van der Waals surface area contributed by atoms with Crippen molar-refractivity contribution in [3.8, 4) is 6.07 Å². The fourth-order valence-corrected chi connectivity index (χ4v) is 2.33. The summed E-state index contributed by atoms with van der Waals surface area (Å²) in [6.07, 6.45) is -2.28. The van der Waals surface area contributed by atoms with Gasteiger partial charge in [0.15, 0.2) is 0 Å². The Kier molecular flexibility index (Phi) is 4.05. The van der Waals surface area contributed by atoms with Crippen LogP contribution in [0.5, 0.6) is 0 Å². The SMILES string of the molecule is N#Cc1ncccc1CN1CCC(C(F)(F)F)CC1. The van der Waals surface area contributed by atoms with Crippen molar-refractivity contribution in [2.75, 3.05) is 13.1 Å². The highest BCUT2D eigenvalue weighted by molar-refractivity contribution is 5.30. The Hall–Kier alpha value is -1.61. The molecule has 3 nitrogen and oxygen atoms in total. The monoisotopic (exact) mass is 269 g/mol. The smallest absolute Gasteiger partial charge is 0.299 e. The van der Waals surface area contributed by atoms with Crippen LogP contribution in [0.15, 0.2) is 18.3 Å². The summed E-state index contributed by atoms with van der Waals surface area (Å²) >= 11 is 0. The first-order chi connectivity index (χ1) is 9.00. The van der Waals surface area contributed by atoms with E-state index in [1.807, 2.05) is 11.0 Å². The van der Waals surface area contributed by atoms with Gasteiger partial charge in [-0.3, -0.25) is 4.90 Å². The van der Waals surface area contributed by atoms with Crippen LogP contribution in [0.25, 0.3) is 0 Å². The van der Waals surface area contributed by atoms with E-state index in [4.69, 9.17) is 5.26 Å². The highest BCUT2D eigenvalue weighted by atomic mass is 19.4. The number of nitriles is 1. The molecular formula is C13H14F3N3. The van der Waals surface area contributed by atoms with Gasteiger partial charge in [-0.2, -0.15) is 18.4 Å². The van der Waals surface area contributed by atoms with E-state index >= 15 is 0 Å². The molecule has 19 heavy (non-hydrogen) atoms. The number of hydrogen-bond donors (Lipinski definition) is 0. The molecule has 1 saturated heterocycles. The molecule has 0 radical (unpaired) electrons. The predicted molar refractivity (Wildman–Crippen MR) is 63.0 cm³/mol. The zero-order valence-corrected chi connectivity index (χ0v) is 10.3. The molecule has 0 N–H and O–H groups in total. The lowest BCUT2D eigenvalue weighted by Gasteiger charge is -2.32. The number of alkyl halides is 3. The topological polar surface area (TPSA) is 39.9 Å². The average Bonchev–Trinajstić information content (AvgIpc) is 2.39. The molecule has 0 spiro atoms. The number of aromatic nitrogens is 1. The third-order valence-corrected chi connectivity index (χ3v) is 3.44. The van der Waals surface area contributed by atoms with Gasteiger partial charge in [-0.25, -0.2) is 4.98 Å². The maximum Gasteiger partial charge on any atom is 0.391 e. The van der Waals surface area contributed by atoms with E-state index in [1.54, 1.807) is 12.1 Å². The van der Waals surface area contributed by atoms with Gasteiger partial charge in [0.25, 0.3) is 0 Å². The molecule has 0 aromatic carbocycles. The molecule has 0 atom stereocenters. The molecule has 1 aliphatic heterocycles. The molecule has 1 aromatic heterocycles. The molecule has 0 amide bonds. The van der Waals surface area contributed by atoms with Gasteiger partial charge < -0.3 is 0 Å². The van der Waals surface area contributed by atoms with Crippen LogP contribution in [0.4, 0.5) is 13.2 Å². The van der Waals surface area contributed by atoms with Crippen molar-refractivity contribution in [1.29, 1.82) is 5.26 Å². The normalized spacial score (nSPS) is 18.2.